The largest absolute Gasteiger partial charge is 0.497 e. The fourth-order valence-corrected chi connectivity index (χ4v) is 3.48. The summed E-state index contributed by atoms with van der Waals surface area (Å²) in [6, 6.07) is 13.0. The maximum Gasteiger partial charge on any atom is 0.236 e. The smallest absolute Gasteiger partial charge is 0.236 e. The average Bonchev–Trinajstić information content (AvgIpc) is 3.11. The van der Waals surface area contributed by atoms with Gasteiger partial charge in [-0.25, -0.2) is 4.98 Å². The summed E-state index contributed by atoms with van der Waals surface area (Å²) in [6.07, 6.45) is 4.33. The lowest BCUT2D eigenvalue weighted by molar-refractivity contribution is 0.242. The molecule has 0 atom stereocenters. The van der Waals surface area contributed by atoms with Crippen LogP contribution in [0.2, 0.25) is 0 Å². The summed E-state index contributed by atoms with van der Waals surface area (Å²) in [5, 5.41) is 2.04. The van der Waals surface area contributed by atoms with Crippen molar-refractivity contribution in [3.05, 3.63) is 59.3 Å². The first-order valence-corrected chi connectivity index (χ1v) is 9.05. The summed E-state index contributed by atoms with van der Waals surface area (Å²) < 4.78 is 10.9. The van der Waals surface area contributed by atoms with E-state index in [1.165, 1.54) is 18.4 Å². The second-order valence-electron chi connectivity index (χ2n) is 6.11. The van der Waals surface area contributed by atoms with Crippen LogP contribution in [0.5, 0.6) is 5.75 Å². The molecule has 0 unspecified atom stereocenters. The van der Waals surface area contributed by atoms with Crippen molar-refractivity contribution in [3.8, 4) is 16.5 Å². The van der Waals surface area contributed by atoms with Gasteiger partial charge in [-0.15, -0.1) is 11.3 Å². The third-order valence-electron chi connectivity index (χ3n) is 4.26. The molecule has 1 aliphatic carbocycles. The van der Waals surface area contributed by atoms with Crippen LogP contribution in [0, 0.1) is 0 Å². The molecule has 1 saturated carbocycles. The number of methoxy groups -OCH3 is 1. The molecule has 2 aromatic heterocycles. The van der Waals surface area contributed by atoms with Crippen LogP contribution in [0.4, 0.5) is 0 Å². The number of benzene rings is 1. The molecule has 0 N–H and O–H groups in total. The number of aromatic nitrogens is 1. The van der Waals surface area contributed by atoms with Crippen LogP contribution in [0.15, 0.2) is 52.5 Å². The predicted molar refractivity (Wildman–Crippen MR) is 95.1 cm³/mol. The SMILES string of the molecule is COc1ccc(CN(Cc2coc(-c3cccs3)n2)C2CC2)cc1. The van der Waals surface area contributed by atoms with Crippen molar-refractivity contribution in [3.63, 3.8) is 0 Å². The Morgan fingerprint density at radius 2 is 2.04 bits per heavy atom. The Labute approximate surface area is 145 Å². The lowest BCUT2D eigenvalue weighted by atomic mass is 10.2. The average molecular weight is 340 g/mol. The van der Waals surface area contributed by atoms with Gasteiger partial charge in [-0.2, -0.15) is 0 Å². The first-order chi connectivity index (χ1) is 11.8. The highest BCUT2D eigenvalue weighted by Gasteiger charge is 2.29. The molecular formula is C19H20N2O2S. The second kappa shape index (κ2) is 6.79. The van der Waals surface area contributed by atoms with Crippen molar-refractivity contribution in [1.29, 1.82) is 0 Å². The minimum absolute atomic E-state index is 0.661. The lowest BCUT2D eigenvalue weighted by Crippen LogP contribution is -2.25. The van der Waals surface area contributed by atoms with Gasteiger partial charge in [0.15, 0.2) is 0 Å². The highest BCUT2D eigenvalue weighted by Crippen LogP contribution is 2.31. The predicted octanol–water partition coefficient (Wildman–Crippen LogP) is 4.58. The van der Waals surface area contributed by atoms with E-state index in [2.05, 4.69) is 22.0 Å². The molecule has 24 heavy (non-hydrogen) atoms. The number of thiophene rings is 1. The van der Waals surface area contributed by atoms with Gasteiger partial charge < -0.3 is 9.15 Å². The van der Waals surface area contributed by atoms with Crippen molar-refractivity contribution >= 4 is 11.3 Å². The molecule has 0 bridgehead atoms. The van der Waals surface area contributed by atoms with Crippen molar-refractivity contribution in [2.24, 2.45) is 0 Å². The Morgan fingerprint density at radius 1 is 1.21 bits per heavy atom. The van der Waals surface area contributed by atoms with Crippen LogP contribution in [0.25, 0.3) is 10.8 Å². The summed E-state index contributed by atoms with van der Waals surface area (Å²) in [5.74, 6) is 1.62. The van der Waals surface area contributed by atoms with E-state index < -0.39 is 0 Å². The first-order valence-electron chi connectivity index (χ1n) is 8.17. The minimum atomic E-state index is 0.661. The summed E-state index contributed by atoms with van der Waals surface area (Å²) in [6.45, 7) is 1.75. The van der Waals surface area contributed by atoms with E-state index in [1.54, 1.807) is 24.7 Å². The molecule has 0 radical (unpaired) electrons. The van der Waals surface area contributed by atoms with E-state index in [0.29, 0.717) is 6.04 Å². The molecular weight excluding hydrogens is 320 g/mol. The number of rotatable bonds is 7. The Bertz CT molecular complexity index is 776. The number of oxazole rings is 1. The molecule has 0 aliphatic heterocycles. The van der Waals surface area contributed by atoms with Crippen LogP contribution in [0.3, 0.4) is 0 Å². The molecule has 0 saturated heterocycles. The molecule has 1 aromatic carbocycles. The summed E-state index contributed by atoms with van der Waals surface area (Å²) in [7, 11) is 1.70. The molecule has 1 aliphatic rings. The van der Waals surface area contributed by atoms with Crippen LogP contribution < -0.4 is 4.74 Å². The molecule has 5 heteroatoms. The maximum atomic E-state index is 5.65. The molecule has 0 amide bonds. The van der Waals surface area contributed by atoms with E-state index >= 15 is 0 Å². The van der Waals surface area contributed by atoms with Gasteiger partial charge in [-0.1, -0.05) is 18.2 Å². The zero-order valence-electron chi connectivity index (χ0n) is 13.6. The van der Waals surface area contributed by atoms with Crippen molar-refractivity contribution in [2.45, 2.75) is 32.0 Å². The van der Waals surface area contributed by atoms with E-state index in [4.69, 9.17) is 9.15 Å². The Morgan fingerprint density at radius 3 is 2.71 bits per heavy atom. The highest BCUT2D eigenvalue weighted by atomic mass is 32.1. The van der Waals surface area contributed by atoms with Gasteiger partial charge in [0.1, 0.15) is 12.0 Å². The lowest BCUT2D eigenvalue weighted by Gasteiger charge is -2.20. The monoisotopic (exact) mass is 340 g/mol. The van der Waals surface area contributed by atoms with Crippen LogP contribution in [-0.4, -0.2) is 23.0 Å². The van der Waals surface area contributed by atoms with Crippen molar-refractivity contribution in [1.82, 2.24) is 9.88 Å². The standard InChI is InChI=1S/C19H20N2O2S/c1-22-17-8-4-14(5-9-17)11-21(16-6-7-16)12-15-13-23-19(20-15)18-3-2-10-24-18/h2-5,8-10,13,16H,6-7,11-12H2,1H3. The molecule has 4 nitrogen and oxygen atoms in total. The molecule has 3 aromatic rings. The zero-order valence-corrected chi connectivity index (χ0v) is 14.5. The third kappa shape index (κ3) is 3.52. The molecule has 124 valence electrons. The van der Waals surface area contributed by atoms with Gasteiger partial charge in [-0.05, 0) is 42.0 Å². The first kappa shape index (κ1) is 15.4. The van der Waals surface area contributed by atoms with Gasteiger partial charge in [0.2, 0.25) is 5.89 Å². The van der Waals surface area contributed by atoms with E-state index in [9.17, 15) is 0 Å². The summed E-state index contributed by atoms with van der Waals surface area (Å²) >= 11 is 1.65. The molecule has 2 heterocycles. The fraction of sp³-hybridized carbons (Fsp3) is 0.316. The van der Waals surface area contributed by atoms with E-state index in [0.717, 1.165) is 35.3 Å². The molecule has 4 rings (SSSR count). The fourth-order valence-electron chi connectivity index (χ4n) is 2.82. The summed E-state index contributed by atoms with van der Waals surface area (Å²) in [5.41, 5.74) is 2.29. The quantitative estimate of drug-likeness (QED) is 0.631. The highest BCUT2D eigenvalue weighted by molar-refractivity contribution is 7.13. The minimum Gasteiger partial charge on any atom is -0.497 e. The Balaban J connectivity index is 1.45. The van der Waals surface area contributed by atoms with Gasteiger partial charge in [-0.3, -0.25) is 4.90 Å². The maximum absolute atomic E-state index is 5.65. The molecule has 1 fully saturated rings. The Hall–Kier alpha value is -2.11. The molecule has 0 spiro atoms. The van der Waals surface area contributed by atoms with Crippen LogP contribution >= 0.6 is 11.3 Å². The van der Waals surface area contributed by atoms with Crippen LogP contribution in [-0.2, 0) is 13.1 Å². The Kier molecular flexibility index (Phi) is 4.36. The van der Waals surface area contributed by atoms with Gasteiger partial charge in [0.25, 0.3) is 0 Å². The van der Waals surface area contributed by atoms with E-state index in [1.807, 2.05) is 29.6 Å². The van der Waals surface area contributed by atoms with Crippen molar-refractivity contribution < 1.29 is 9.15 Å². The summed E-state index contributed by atoms with van der Waals surface area (Å²) in [4.78, 5) is 8.22. The zero-order chi connectivity index (χ0) is 16.4. The topological polar surface area (TPSA) is 38.5 Å². The third-order valence-corrected chi connectivity index (χ3v) is 5.11. The van der Waals surface area contributed by atoms with Gasteiger partial charge in [0.05, 0.1) is 17.7 Å². The van der Waals surface area contributed by atoms with Gasteiger partial charge >= 0.3 is 0 Å². The van der Waals surface area contributed by atoms with Crippen LogP contribution in [0.1, 0.15) is 24.1 Å². The number of nitrogens with zero attached hydrogens (tertiary/aromatic N) is 2. The number of hydrogen-bond donors (Lipinski definition) is 0. The second-order valence-corrected chi connectivity index (χ2v) is 7.05. The van der Waals surface area contributed by atoms with Crippen molar-refractivity contribution in [2.75, 3.05) is 7.11 Å². The number of hydrogen-bond acceptors (Lipinski definition) is 5. The normalized spacial score (nSPS) is 14.2. The van der Waals surface area contributed by atoms with Gasteiger partial charge in [0, 0.05) is 19.1 Å². The van der Waals surface area contributed by atoms with E-state index in [-0.39, 0.29) is 0 Å². The number of ether oxygens (including phenoxy) is 1.